The summed E-state index contributed by atoms with van der Waals surface area (Å²) in [6.45, 7) is 4.85. The lowest BCUT2D eigenvalue weighted by Crippen LogP contribution is -2.57. The zero-order chi connectivity index (χ0) is 33.8. The van der Waals surface area contributed by atoms with Gasteiger partial charge in [0.2, 0.25) is 11.8 Å². The van der Waals surface area contributed by atoms with Gasteiger partial charge in [-0.3, -0.25) is 9.59 Å². The first-order chi connectivity index (χ1) is 23.9. The molecule has 4 aromatic rings. The number of benzene rings is 4. The zero-order valence-corrected chi connectivity index (χ0v) is 27.9. The Morgan fingerprint density at radius 1 is 0.898 bits per heavy atom. The molecule has 3 aliphatic rings. The maximum absolute atomic E-state index is 13.2. The Balaban J connectivity index is 1.08. The van der Waals surface area contributed by atoms with E-state index in [1.54, 1.807) is 0 Å². The fourth-order valence-corrected chi connectivity index (χ4v) is 7.45. The largest absolute Gasteiger partial charge is 0.392 e. The summed E-state index contributed by atoms with van der Waals surface area (Å²) < 4.78 is 13.3. The van der Waals surface area contributed by atoms with Crippen molar-refractivity contribution in [2.24, 2.45) is 0 Å². The third-order valence-corrected chi connectivity index (χ3v) is 10.2. The molecule has 3 fully saturated rings. The van der Waals surface area contributed by atoms with E-state index in [0.717, 1.165) is 71.5 Å². The second kappa shape index (κ2) is 14.5. The van der Waals surface area contributed by atoms with Gasteiger partial charge < -0.3 is 35.0 Å². The van der Waals surface area contributed by atoms with Crippen LogP contribution in [0.25, 0.3) is 11.1 Å². The Hall–Kier alpha value is -4.54. The van der Waals surface area contributed by atoms with E-state index < -0.39 is 11.8 Å². The fraction of sp³-hybridized carbons (Fsp3) is 0.350. The van der Waals surface area contributed by atoms with Gasteiger partial charge in [-0.05, 0) is 52.8 Å². The minimum absolute atomic E-state index is 0.00334. The summed E-state index contributed by atoms with van der Waals surface area (Å²) in [6, 6.07) is 34.5. The SMILES string of the molecule is CC(=O)NCc1ccccc1-c1ccc(C2OC(CN3CCC4(CC3)C(=O)NCN4c3ccccc3)CC(c3ccc(CO)cc3)O2)cc1. The highest BCUT2D eigenvalue weighted by molar-refractivity contribution is 5.93. The first kappa shape index (κ1) is 33.0. The van der Waals surface area contributed by atoms with Crippen LogP contribution in [0.5, 0.6) is 0 Å². The van der Waals surface area contributed by atoms with Crippen molar-refractivity contribution >= 4 is 17.5 Å². The minimum Gasteiger partial charge on any atom is -0.392 e. The highest BCUT2D eigenvalue weighted by Gasteiger charge is 2.50. The number of para-hydroxylation sites is 1. The van der Waals surface area contributed by atoms with Crippen molar-refractivity contribution in [3.63, 3.8) is 0 Å². The van der Waals surface area contributed by atoms with E-state index in [4.69, 9.17) is 9.47 Å². The molecule has 0 aliphatic carbocycles. The van der Waals surface area contributed by atoms with Gasteiger partial charge in [-0.1, -0.05) is 91.0 Å². The normalized spacial score (nSPS) is 22.2. The number of hydrogen-bond donors (Lipinski definition) is 3. The molecule has 7 rings (SSSR count). The second-order valence-electron chi connectivity index (χ2n) is 13.3. The summed E-state index contributed by atoms with van der Waals surface area (Å²) in [5, 5.41) is 15.6. The summed E-state index contributed by atoms with van der Waals surface area (Å²) in [5.41, 5.74) is 6.56. The molecule has 1 spiro atoms. The first-order valence-electron chi connectivity index (χ1n) is 17.2. The lowest BCUT2D eigenvalue weighted by Gasteiger charge is -2.45. The molecule has 3 saturated heterocycles. The van der Waals surface area contributed by atoms with E-state index in [1.165, 1.54) is 6.92 Å². The Morgan fingerprint density at radius 3 is 2.31 bits per heavy atom. The van der Waals surface area contributed by atoms with Crippen molar-refractivity contribution in [3.05, 3.63) is 125 Å². The molecule has 3 aliphatic heterocycles. The highest BCUT2D eigenvalue weighted by atomic mass is 16.7. The summed E-state index contributed by atoms with van der Waals surface area (Å²) in [4.78, 5) is 29.5. The van der Waals surface area contributed by atoms with Crippen molar-refractivity contribution in [3.8, 4) is 11.1 Å². The number of aliphatic hydroxyl groups excluding tert-OH is 1. The van der Waals surface area contributed by atoms with E-state index in [1.807, 2.05) is 60.7 Å². The van der Waals surface area contributed by atoms with Crippen molar-refractivity contribution in [1.29, 1.82) is 0 Å². The summed E-state index contributed by atoms with van der Waals surface area (Å²) >= 11 is 0. The summed E-state index contributed by atoms with van der Waals surface area (Å²) in [6.07, 6.45) is 1.36. The van der Waals surface area contributed by atoms with Gasteiger partial charge in [-0.25, -0.2) is 0 Å². The molecule has 0 aromatic heterocycles. The van der Waals surface area contributed by atoms with Crippen molar-refractivity contribution < 1.29 is 24.2 Å². The molecule has 4 aromatic carbocycles. The third-order valence-electron chi connectivity index (χ3n) is 10.2. The van der Waals surface area contributed by atoms with E-state index in [0.29, 0.717) is 19.6 Å². The number of carbonyl (C=O) groups excluding carboxylic acids is 2. The van der Waals surface area contributed by atoms with Crippen LogP contribution >= 0.6 is 0 Å². The number of nitrogens with one attached hydrogen (secondary N) is 2. The second-order valence-corrected chi connectivity index (χ2v) is 13.3. The number of carbonyl (C=O) groups is 2. The first-order valence-corrected chi connectivity index (χ1v) is 17.2. The average Bonchev–Trinajstić information content (AvgIpc) is 3.46. The van der Waals surface area contributed by atoms with Crippen LogP contribution in [0, 0.1) is 0 Å². The molecule has 3 heterocycles. The van der Waals surface area contributed by atoms with Crippen molar-refractivity contribution in [2.45, 2.75) is 63.4 Å². The Morgan fingerprint density at radius 2 is 1.59 bits per heavy atom. The summed E-state index contributed by atoms with van der Waals surface area (Å²) in [5.74, 6) is 0.0556. The number of aliphatic hydroxyl groups is 1. The Labute approximate surface area is 287 Å². The molecular weight excluding hydrogens is 616 g/mol. The highest BCUT2D eigenvalue weighted by Crippen LogP contribution is 2.40. The molecule has 2 amide bonds. The van der Waals surface area contributed by atoms with E-state index >= 15 is 0 Å². The number of anilines is 1. The lowest BCUT2D eigenvalue weighted by molar-refractivity contribution is -0.253. The van der Waals surface area contributed by atoms with Crippen LogP contribution in [0.15, 0.2) is 103 Å². The third kappa shape index (κ3) is 7.12. The molecule has 3 N–H and O–H groups in total. The standard InChI is InChI=1S/C40H44N4O5/c1-28(46)41-24-33-7-5-6-10-36(33)30-15-17-32(18-16-30)38-48-35(23-37(49-38)31-13-11-29(26-45)12-14-31)25-43-21-19-40(20-22-43)39(47)42-27-44(40)34-8-3-2-4-9-34/h2-18,35,37-38,45H,19-27H2,1H3,(H,41,46)(H,42,47). The van der Waals surface area contributed by atoms with E-state index in [-0.39, 0.29) is 30.6 Å². The van der Waals surface area contributed by atoms with E-state index in [2.05, 4.69) is 62.9 Å². The van der Waals surface area contributed by atoms with Crippen molar-refractivity contribution in [1.82, 2.24) is 15.5 Å². The topological polar surface area (TPSA) is 103 Å². The van der Waals surface area contributed by atoms with Gasteiger partial charge in [-0.15, -0.1) is 0 Å². The lowest BCUT2D eigenvalue weighted by atomic mass is 9.85. The van der Waals surface area contributed by atoms with Crippen molar-refractivity contribution in [2.75, 3.05) is 31.2 Å². The number of amides is 2. The maximum Gasteiger partial charge on any atom is 0.247 e. The average molecular weight is 661 g/mol. The van der Waals surface area contributed by atoms with Gasteiger partial charge in [0.05, 0.1) is 25.5 Å². The molecule has 9 nitrogen and oxygen atoms in total. The van der Waals surface area contributed by atoms with Gasteiger partial charge in [-0.2, -0.15) is 0 Å². The number of piperidine rings is 1. The van der Waals surface area contributed by atoms with Crippen LogP contribution in [0.1, 0.15) is 60.8 Å². The maximum atomic E-state index is 13.2. The van der Waals surface area contributed by atoms with Gasteiger partial charge in [0.1, 0.15) is 5.54 Å². The van der Waals surface area contributed by atoms with Crippen LogP contribution in [-0.4, -0.2) is 59.8 Å². The molecule has 9 heteroatoms. The Kier molecular flexibility index (Phi) is 9.77. The predicted molar refractivity (Wildman–Crippen MR) is 188 cm³/mol. The molecule has 0 saturated carbocycles. The van der Waals surface area contributed by atoms with Crippen LogP contribution in [0.3, 0.4) is 0 Å². The molecular formula is C40H44N4O5. The number of likely N-dealkylation sites (tertiary alicyclic amines) is 1. The molecule has 3 atom stereocenters. The monoisotopic (exact) mass is 660 g/mol. The van der Waals surface area contributed by atoms with Crippen LogP contribution in [0.2, 0.25) is 0 Å². The van der Waals surface area contributed by atoms with Crippen LogP contribution in [0.4, 0.5) is 5.69 Å². The molecule has 0 radical (unpaired) electrons. The molecule has 3 unspecified atom stereocenters. The molecule has 254 valence electrons. The zero-order valence-electron chi connectivity index (χ0n) is 27.9. The molecule has 49 heavy (non-hydrogen) atoms. The predicted octanol–water partition coefficient (Wildman–Crippen LogP) is 5.46. The van der Waals surface area contributed by atoms with Crippen LogP contribution in [-0.2, 0) is 32.2 Å². The number of nitrogens with zero attached hydrogens (tertiary/aromatic N) is 2. The number of ether oxygens (including phenoxy) is 2. The molecule has 0 bridgehead atoms. The number of hydrogen-bond acceptors (Lipinski definition) is 7. The smallest absolute Gasteiger partial charge is 0.247 e. The van der Waals surface area contributed by atoms with Gasteiger partial charge in [0, 0.05) is 50.8 Å². The fourth-order valence-electron chi connectivity index (χ4n) is 7.45. The van der Waals surface area contributed by atoms with Gasteiger partial charge >= 0.3 is 0 Å². The number of rotatable bonds is 9. The van der Waals surface area contributed by atoms with Gasteiger partial charge in [0.25, 0.3) is 0 Å². The minimum atomic E-state index is -0.560. The van der Waals surface area contributed by atoms with Crippen LogP contribution < -0.4 is 15.5 Å². The van der Waals surface area contributed by atoms with E-state index in [9.17, 15) is 14.7 Å². The summed E-state index contributed by atoms with van der Waals surface area (Å²) in [7, 11) is 0. The Bertz CT molecular complexity index is 1740. The quantitative estimate of drug-likeness (QED) is 0.219. The van der Waals surface area contributed by atoms with Gasteiger partial charge in [0.15, 0.2) is 6.29 Å².